The zero-order valence-corrected chi connectivity index (χ0v) is 16.2. The summed E-state index contributed by atoms with van der Waals surface area (Å²) in [6.07, 6.45) is 0. The van der Waals surface area contributed by atoms with E-state index in [1.54, 1.807) is 0 Å². The van der Waals surface area contributed by atoms with Crippen molar-refractivity contribution in [1.29, 1.82) is 0 Å². The van der Waals surface area contributed by atoms with Gasteiger partial charge in [-0.25, -0.2) is 4.98 Å². The summed E-state index contributed by atoms with van der Waals surface area (Å²) in [5.74, 6) is 1.05. The Morgan fingerprint density at radius 1 is 0.690 bits per heavy atom. The molecule has 0 radical (unpaired) electrons. The lowest BCUT2D eigenvalue weighted by Crippen LogP contribution is -2.27. The van der Waals surface area contributed by atoms with Gasteiger partial charge in [0.15, 0.2) is 0 Å². The van der Waals surface area contributed by atoms with Crippen molar-refractivity contribution in [2.75, 3.05) is 0 Å². The van der Waals surface area contributed by atoms with Crippen LogP contribution in [0.15, 0.2) is 91.0 Å². The van der Waals surface area contributed by atoms with Crippen LogP contribution in [0.5, 0.6) is 0 Å². The highest BCUT2D eigenvalue weighted by atomic mass is 35.5. The molecule has 136 valence electrons. The van der Waals surface area contributed by atoms with Crippen molar-refractivity contribution in [3.63, 3.8) is 0 Å². The number of para-hydroxylation sites is 3. The van der Waals surface area contributed by atoms with E-state index in [2.05, 4.69) is 89.5 Å². The molecule has 4 aromatic carbocycles. The topological polar surface area (TPSA) is 17.8 Å². The summed E-state index contributed by atoms with van der Waals surface area (Å²) >= 11 is 6.53. The second-order valence-corrected chi connectivity index (χ2v) is 8.20. The number of imidazole rings is 1. The minimum Gasteiger partial charge on any atom is -0.295 e. The monoisotopic (exact) mass is 390 g/mol. The summed E-state index contributed by atoms with van der Waals surface area (Å²) in [5.41, 5.74) is 9.15. The predicted molar refractivity (Wildman–Crippen MR) is 117 cm³/mol. The van der Waals surface area contributed by atoms with Gasteiger partial charge in [0.25, 0.3) is 0 Å². The van der Waals surface area contributed by atoms with Crippen molar-refractivity contribution in [2.24, 2.45) is 0 Å². The molecule has 1 aliphatic carbocycles. The molecule has 3 heteroatoms. The number of halogens is 1. The van der Waals surface area contributed by atoms with Gasteiger partial charge in [0.2, 0.25) is 0 Å². The quantitative estimate of drug-likeness (QED) is 0.295. The molecule has 2 heterocycles. The molecule has 5 aromatic rings. The molecule has 1 aliphatic heterocycles. The number of aromatic nitrogens is 2. The molecule has 7 rings (SSSR count). The highest BCUT2D eigenvalue weighted by Gasteiger charge is 2.54. The van der Waals surface area contributed by atoms with Crippen LogP contribution in [-0.4, -0.2) is 9.55 Å². The molecular weight excluding hydrogens is 376 g/mol. The SMILES string of the molecule is Clc1ccc2c(c1)C1(c3ccccc3-2)c2ccccc2-n2c1nc1ccccc12. The van der Waals surface area contributed by atoms with Crippen molar-refractivity contribution >= 4 is 22.6 Å². The molecule has 0 N–H and O–H groups in total. The largest absolute Gasteiger partial charge is 0.295 e. The van der Waals surface area contributed by atoms with Gasteiger partial charge in [-0.15, -0.1) is 0 Å². The zero-order chi connectivity index (χ0) is 19.2. The maximum atomic E-state index is 6.53. The average Bonchev–Trinajstić information content (AvgIpc) is 3.37. The lowest BCUT2D eigenvalue weighted by Gasteiger charge is -2.27. The standard InChI is InChI=1S/C26H15ClN2/c27-16-13-14-18-17-7-1-2-8-19(17)26(21(18)15-16)20-9-3-5-11-23(20)29-24-12-6-4-10-22(24)28-25(26)29/h1-15H. The second kappa shape index (κ2) is 5.16. The van der Waals surface area contributed by atoms with E-state index in [1.807, 2.05) is 6.07 Å². The molecule has 1 atom stereocenters. The molecule has 1 unspecified atom stereocenters. The van der Waals surface area contributed by atoms with E-state index < -0.39 is 5.41 Å². The van der Waals surface area contributed by atoms with E-state index in [4.69, 9.17) is 16.6 Å². The maximum absolute atomic E-state index is 6.53. The number of fused-ring (bicyclic) bond motifs is 12. The van der Waals surface area contributed by atoms with Crippen LogP contribution in [0.1, 0.15) is 22.5 Å². The Bertz CT molecular complexity index is 1480. The normalized spacial score (nSPS) is 18.0. The van der Waals surface area contributed by atoms with Crippen molar-refractivity contribution in [3.8, 4) is 16.8 Å². The number of benzene rings is 4. The minimum absolute atomic E-state index is 0.452. The molecule has 0 saturated heterocycles. The molecule has 29 heavy (non-hydrogen) atoms. The molecule has 2 aliphatic rings. The fourth-order valence-corrected chi connectivity index (χ4v) is 5.58. The highest BCUT2D eigenvalue weighted by Crippen LogP contribution is 2.60. The van der Waals surface area contributed by atoms with Gasteiger partial charge in [-0.2, -0.15) is 0 Å². The van der Waals surface area contributed by atoms with Crippen molar-refractivity contribution in [2.45, 2.75) is 5.41 Å². The number of hydrogen-bond acceptors (Lipinski definition) is 1. The van der Waals surface area contributed by atoms with Gasteiger partial charge in [-0.1, -0.05) is 72.3 Å². The summed E-state index contributed by atoms with van der Waals surface area (Å²) in [7, 11) is 0. The van der Waals surface area contributed by atoms with Gasteiger partial charge in [0.1, 0.15) is 11.2 Å². The molecule has 0 saturated carbocycles. The van der Waals surface area contributed by atoms with E-state index in [-0.39, 0.29) is 0 Å². The van der Waals surface area contributed by atoms with Crippen LogP contribution in [0.25, 0.3) is 27.8 Å². The summed E-state index contributed by atoms with van der Waals surface area (Å²) < 4.78 is 2.33. The van der Waals surface area contributed by atoms with E-state index in [9.17, 15) is 0 Å². The first-order valence-corrected chi connectivity index (χ1v) is 10.2. The van der Waals surface area contributed by atoms with Gasteiger partial charge in [0.05, 0.1) is 16.7 Å². The molecular formula is C26H15ClN2. The Morgan fingerprint density at radius 3 is 2.34 bits per heavy atom. The first kappa shape index (κ1) is 15.5. The molecule has 2 nitrogen and oxygen atoms in total. The first-order chi connectivity index (χ1) is 14.3. The van der Waals surface area contributed by atoms with E-state index in [0.717, 1.165) is 21.9 Å². The zero-order valence-electron chi connectivity index (χ0n) is 15.4. The molecule has 0 fully saturated rings. The third-order valence-corrected chi connectivity index (χ3v) is 6.69. The Labute approximate surface area is 173 Å². The van der Waals surface area contributed by atoms with Gasteiger partial charge in [0, 0.05) is 5.02 Å². The third kappa shape index (κ3) is 1.68. The predicted octanol–water partition coefficient (Wildman–Crippen LogP) is 6.36. The molecule has 0 amide bonds. The Balaban J connectivity index is 1.76. The summed E-state index contributed by atoms with van der Waals surface area (Å²) in [6.45, 7) is 0. The van der Waals surface area contributed by atoms with Gasteiger partial charge in [-0.05, 0) is 58.1 Å². The first-order valence-electron chi connectivity index (χ1n) is 9.78. The van der Waals surface area contributed by atoms with Crippen LogP contribution in [0.3, 0.4) is 0 Å². The van der Waals surface area contributed by atoms with Gasteiger partial charge >= 0.3 is 0 Å². The van der Waals surface area contributed by atoms with Gasteiger partial charge < -0.3 is 0 Å². The fourth-order valence-electron chi connectivity index (χ4n) is 5.41. The third-order valence-electron chi connectivity index (χ3n) is 6.45. The van der Waals surface area contributed by atoms with Crippen molar-refractivity contribution < 1.29 is 0 Å². The van der Waals surface area contributed by atoms with Crippen LogP contribution in [0, 0.1) is 0 Å². The van der Waals surface area contributed by atoms with Crippen LogP contribution in [-0.2, 0) is 5.41 Å². The average molecular weight is 391 g/mol. The Hall–Kier alpha value is -3.36. The lowest BCUT2D eigenvalue weighted by molar-refractivity contribution is 0.738. The fraction of sp³-hybridized carbons (Fsp3) is 0.0385. The number of hydrogen-bond donors (Lipinski definition) is 0. The van der Waals surface area contributed by atoms with Crippen LogP contribution in [0.2, 0.25) is 5.02 Å². The van der Waals surface area contributed by atoms with E-state index in [0.29, 0.717) is 0 Å². The Kier molecular flexibility index (Phi) is 2.77. The van der Waals surface area contributed by atoms with Crippen LogP contribution >= 0.6 is 11.6 Å². The van der Waals surface area contributed by atoms with Crippen LogP contribution < -0.4 is 0 Å². The van der Waals surface area contributed by atoms with E-state index in [1.165, 1.54) is 33.5 Å². The summed E-state index contributed by atoms with van der Waals surface area (Å²) in [6, 6.07) is 32.0. The number of nitrogens with zero attached hydrogens (tertiary/aromatic N) is 2. The lowest BCUT2D eigenvalue weighted by atomic mass is 9.73. The minimum atomic E-state index is -0.452. The summed E-state index contributed by atoms with van der Waals surface area (Å²) in [4.78, 5) is 5.19. The van der Waals surface area contributed by atoms with Crippen molar-refractivity contribution in [1.82, 2.24) is 9.55 Å². The Morgan fingerprint density at radius 2 is 1.41 bits per heavy atom. The van der Waals surface area contributed by atoms with Crippen molar-refractivity contribution in [3.05, 3.63) is 119 Å². The second-order valence-electron chi connectivity index (χ2n) is 7.76. The molecule has 1 spiro atoms. The van der Waals surface area contributed by atoms with Gasteiger partial charge in [-0.3, -0.25) is 4.57 Å². The maximum Gasteiger partial charge on any atom is 0.134 e. The van der Waals surface area contributed by atoms with E-state index >= 15 is 0 Å². The number of rotatable bonds is 0. The highest BCUT2D eigenvalue weighted by molar-refractivity contribution is 6.30. The van der Waals surface area contributed by atoms with Crippen LogP contribution in [0.4, 0.5) is 0 Å². The summed E-state index contributed by atoms with van der Waals surface area (Å²) in [5, 5.41) is 0.753. The molecule has 1 aromatic heterocycles. The smallest absolute Gasteiger partial charge is 0.134 e. The molecule has 0 bridgehead atoms.